The predicted octanol–water partition coefficient (Wildman–Crippen LogP) is 1.93. The molecule has 2 heterocycles. The molecule has 1 atom stereocenters. The van der Waals surface area contributed by atoms with E-state index in [1.54, 1.807) is 6.20 Å². The van der Waals surface area contributed by atoms with Gasteiger partial charge in [-0.3, -0.25) is 9.69 Å². The largest absolute Gasteiger partial charge is 0.313 e. The van der Waals surface area contributed by atoms with E-state index in [-0.39, 0.29) is 5.91 Å². The van der Waals surface area contributed by atoms with Crippen molar-refractivity contribution in [3.05, 3.63) is 11.6 Å². The van der Waals surface area contributed by atoms with Crippen molar-refractivity contribution in [2.45, 2.75) is 45.2 Å². The van der Waals surface area contributed by atoms with Crippen molar-refractivity contribution in [2.24, 2.45) is 0 Å². The molecule has 1 saturated heterocycles. The van der Waals surface area contributed by atoms with Crippen molar-refractivity contribution in [1.82, 2.24) is 15.2 Å². The second-order valence-electron chi connectivity index (χ2n) is 5.56. The van der Waals surface area contributed by atoms with Gasteiger partial charge in [0.2, 0.25) is 5.91 Å². The molecule has 0 aliphatic carbocycles. The minimum atomic E-state index is 0.0180. The normalized spacial score (nSPS) is 19.5. The number of carbonyl (C=O) groups excluding carboxylic acids is 1. The standard InChI is InChI=1S/C14H24N4OS/c1-11(2)18(9-12-5-3-4-6-15-12)10-13(19)17-14-16-7-8-20-14/h7-8,11-12,15H,3-6,9-10H2,1-2H3,(H,16,17,19). The fourth-order valence-electron chi connectivity index (χ4n) is 2.45. The molecule has 0 saturated carbocycles. The minimum Gasteiger partial charge on any atom is -0.313 e. The van der Waals surface area contributed by atoms with Gasteiger partial charge in [-0.2, -0.15) is 0 Å². The fraction of sp³-hybridized carbons (Fsp3) is 0.714. The van der Waals surface area contributed by atoms with Crippen LogP contribution in [0, 0.1) is 0 Å². The van der Waals surface area contributed by atoms with Crippen LogP contribution in [0.3, 0.4) is 0 Å². The van der Waals surface area contributed by atoms with Crippen LogP contribution in [-0.2, 0) is 4.79 Å². The third-order valence-electron chi connectivity index (χ3n) is 3.62. The number of rotatable bonds is 6. The van der Waals surface area contributed by atoms with E-state index in [2.05, 4.69) is 34.4 Å². The highest BCUT2D eigenvalue weighted by Crippen LogP contribution is 2.12. The Morgan fingerprint density at radius 2 is 2.45 bits per heavy atom. The number of hydrogen-bond acceptors (Lipinski definition) is 5. The van der Waals surface area contributed by atoms with E-state index >= 15 is 0 Å². The highest BCUT2D eigenvalue weighted by Gasteiger charge is 2.20. The number of anilines is 1. The van der Waals surface area contributed by atoms with E-state index in [0.29, 0.717) is 23.8 Å². The van der Waals surface area contributed by atoms with Crippen LogP contribution >= 0.6 is 11.3 Å². The van der Waals surface area contributed by atoms with Crippen LogP contribution in [0.5, 0.6) is 0 Å². The number of carbonyl (C=O) groups is 1. The van der Waals surface area contributed by atoms with E-state index in [4.69, 9.17) is 0 Å². The summed E-state index contributed by atoms with van der Waals surface area (Å²) in [6.07, 6.45) is 5.46. The van der Waals surface area contributed by atoms with Crippen molar-refractivity contribution in [2.75, 3.05) is 25.0 Å². The summed E-state index contributed by atoms with van der Waals surface area (Å²) in [5.41, 5.74) is 0. The molecular formula is C14H24N4OS. The van der Waals surface area contributed by atoms with Crippen LogP contribution in [0.4, 0.5) is 5.13 Å². The molecule has 0 aromatic carbocycles. The van der Waals surface area contributed by atoms with Gasteiger partial charge in [0.25, 0.3) is 0 Å². The van der Waals surface area contributed by atoms with Gasteiger partial charge in [-0.05, 0) is 33.2 Å². The van der Waals surface area contributed by atoms with Gasteiger partial charge in [0.05, 0.1) is 6.54 Å². The third-order valence-corrected chi connectivity index (χ3v) is 4.31. The lowest BCUT2D eigenvalue weighted by atomic mass is 10.0. The molecule has 5 nitrogen and oxygen atoms in total. The van der Waals surface area contributed by atoms with Gasteiger partial charge in [-0.25, -0.2) is 4.98 Å². The molecule has 1 amide bonds. The topological polar surface area (TPSA) is 57.3 Å². The van der Waals surface area contributed by atoms with Crippen LogP contribution in [0.2, 0.25) is 0 Å². The predicted molar refractivity (Wildman–Crippen MR) is 83.1 cm³/mol. The highest BCUT2D eigenvalue weighted by molar-refractivity contribution is 7.13. The number of hydrogen-bond donors (Lipinski definition) is 2. The number of piperidine rings is 1. The maximum Gasteiger partial charge on any atom is 0.240 e. The number of aromatic nitrogens is 1. The zero-order valence-corrected chi connectivity index (χ0v) is 13.1. The molecule has 1 fully saturated rings. The lowest BCUT2D eigenvalue weighted by Gasteiger charge is -2.32. The monoisotopic (exact) mass is 296 g/mol. The average Bonchev–Trinajstić information content (AvgIpc) is 2.92. The molecule has 1 aromatic rings. The van der Waals surface area contributed by atoms with Crippen LogP contribution in [0.1, 0.15) is 33.1 Å². The zero-order valence-electron chi connectivity index (χ0n) is 12.3. The van der Waals surface area contributed by atoms with E-state index in [1.807, 2.05) is 5.38 Å². The smallest absolute Gasteiger partial charge is 0.240 e. The van der Waals surface area contributed by atoms with Gasteiger partial charge in [0.15, 0.2) is 5.13 Å². The molecule has 0 radical (unpaired) electrons. The Labute approximate surface area is 124 Å². The van der Waals surface area contributed by atoms with E-state index < -0.39 is 0 Å². The Bertz CT molecular complexity index is 401. The van der Waals surface area contributed by atoms with Crippen molar-refractivity contribution in [3.8, 4) is 0 Å². The van der Waals surface area contributed by atoms with Gasteiger partial charge in [-0.15, -0.1) is 11.3 Å². The summed E-state index contributed by atoms with van der Waals surface area (Å²) in [5, 5.41) is 8.93. The number of nitrogens with one attached hydrogen (secondary N) is 2. The molecule has 1 aromatic heterocycles. The zero-order chi connectivity index (χ0) is 14.4. The number of amides is 1. The van der Waals surface area contributed by atoms with E-state index in [9.17, 15) is 4.79 Å². The van der Waals surface area contributed by atoms with Crippen molar-refractivity contribution in [3.63, 3.8) is 0 Å². The summed E-state index contributed by atoms with van der Waals surface area (Å²) in [7, 11) is 0. The first-order valence-corrected chi connectivity index (χ1v) is 8.20. The number of thiazole rings is 1. The summed E-state index contributed by atoms with van der Waals surface area (Å²) in [5.74, 6) is 0.0180. The van der Waals surface area contributed by atoms with Crippen molar-refractivity contribution >= 4 is 22.4 Å². The molecule has 6 heteroatoms. The SMILES string of the molecule is CC(C)N(CC(=O)Nc1nccs1)CC1CCCCN1. The summed E-state index contributed by atoms with van der Waals surface area (Å²) in [6, 6.07) is 0.875. The second kappa shape index (κ2) is 7.71. The van der Waals surface area contributed by atoms with Gasteiger partial charge in [0.1, 0.15) is 0 Å². The first-order chi connectivity index (χ1) is 9.65. The Hall–Kier alpha value is -0.980. The molecule has 1 aliphatic heterocycles. The Morgan fingerprint density at radius 3 is 3.05 bits per heavy atom. The fourth-order valence-corrected chi connectivity index (χ4v) is 2.99. The molecule has 20 heavy (non-hydrogen) atoms. The average molecular weight is 296 g/mol. The lowest BCUT2D eigenvalue weighted by Crippen LogP contribution is -2.48. The molecular weight excluding hydrogens is 272 g/mol. The molecule has 1 unspecified atom stereocenters. The second-order valence-corrected chi connectivity index (χ2v) is 6.45. The maximum absolute atomic E-state index is 12.1. The molecule has 1 aliphatic rings. The van der Waals surface area contributed by atoms with Gasteiger partial charge < -0.3 is 10.6 Å². The summed E-state index contributed by atoms with van der Waals surface area (Å²) in [6.45, 7) is 6.74. The van der Waals surface area contributed by atoms with E-state index in [1.165, 1.54) is 30.6 Å². The lowest BCUT2D eigenvalue weighted by molar-refractivity contribution is -0.117. The highest BCUT2D eigenvalue weighted by atomic mass is 32.1. The molecule has 0 bridgehead atoms. The summed E-state index contributed by atoms with van der Waals surface area (Å²) < 4.78 is 0. The van der Waals surface area contributed by atoms with Gasteiger partial charge >= 0.3 is 0 Å². The minimum absolute atomic E-state index is 0.0180. The summed E-state index contributed by atoms with van der Waals surface area (Å²) >= 11 is 1.45. The van der Waals surface area contributed by atoms with Crippen LogP contribution in [-0.4, -0.2) is 47.5 Å². The number of nitrogens with zero attached hydrogens (tertiary/aromatic N) is 2. The molecule has 2 N–H and O–H groups in total. The van der Waals surface area contributed by atoms with E-state index in [0.717, 1.165) is 13.1 Å². The van der Waals surface area contributed by atoms with Gasteiger partial charge in [0, 0.05) is 30.2 Å². The third kappa shape index (κ3) is 4.85. The van der Waals surface area contributed by atoms with Crippen LogP contribution in [0.15, 0.2) is 11.6 Å². The maximum atomic E-state index is 12.1. The van der Waals surface area contributed by atoms with Crippen molar-refractivity contribution < 1.29 is 4.79 Å². The Morgan fingerprint density at radius 1 is 1.60 bits per heavy atom. The van der Waals surface area contributed by atoms with Crippen molar-refractivity contribution in [1.29, 1.82) is 0 Å². The first kappa shape index (κ1) is 15.4. The summed E-state index contributed by atoms with van der Waals surface area (Å²) in [4.78, 5) is 18.4. The van der Waals surface area contributed by atoms with Crippen LogP contribution in [0.25, 0.3) is 0 Å². The Balaban J connectivity index is 1.83. The Kier molecular flexibility index (Phi) is 5.94. The quantitative estimate of drug-likeness (QED) is 0.842. The van der Waals surface area contributed by atoms with Gasteiger partial charge in [-0.1, -0.05) is 6.42 Å². The van der Waals surface area contributed by atoms with Crippen LogP contribution < -0.4 is 10.6 Å². The first-order valence-electron chi connectivity index (χ1n) is 7.32. The molecule has 112 valence electrons. The molecule has 0 spiro atoms. The molecule has 2 rings (SSSR count).